The van der Waals surface area contributed by atoms with Gasteiger partial charge in [-0.15, -0.1) is 6.42 Å². The van der Waals surface area contributed by atoms with Gasteiger partial charge in [0.05, 0.1) is 16.5 Å². The maximum absolute atomic E-state index is 16.8. The van der Waals surface area contributed by atoms with E-state index in [1.165, 1.54) is 18.9 Å². The molecule has 10 heteroatoms. The zero-order valence-corrected chi connectivity index (χ0v) is 25.2. The number of anilines is 1. The maximum atomic E-state index is 16.8. The number of ether oxygens (including phenoxy) is 1. The van der Waals surface area contributed by atoms with Gasteiger partial charge in [-0.1, -0.05) is 30.2 Å². The van der Waals surface area contributed by atoms with Crippen molar-refractivity contribution in [3.63, 3.8) is 0 Å². The molecular formula is C35H35F3N6O. The molecule has 4 fully saturated rings. The summed E-state index contributed by atoms with van der Waals surface area (Å²) >= 11 is 0. The van der Waals surface area contributed by atoms with Crippen molar-refractivity contribution in [2.24, 2.45) is 5.92 Å². The fourth-order valence-electron chi connectivity index (χ4n) is 8.12. The fourth-order valence-corrected chi connectivity index (χ4v) is 8.12. The van der Waals surface area contributed by atoms with Gasteiger partial charge >= 0.3 is 6.01 Å². The van der Waals surface area contributed by atoms with E-state index in [0.29, 0.717) is 52.5 Å². The lowest BCUT2D eigenvalue weighted by atomic mass is 9.95. The third-order valence-electron chi connectivity index (χ3n) is 10.5. The van der Waals surface area contributed by atoms with Gasteiger partial charge in [-0.2, -0.15) is 9.97 Å². The molecule has 4 aliphatic rings. The molecule has 7 nitrogen and oxygen atoms in total. The van der Waals surface area contributed by atoms with E-state index in [1.807, 2.05) is 13.1 Å². The van der Waals surface area contributed by atoms with E-state index in [4.69, 9.17) is 16.1 Å². The maximum Gasteiger partial charge on any atom is 0.319 e. The van der Waals surface area contributed by atoms with Crippen LogP contribution in [0.2, 0.25) is 0 Å². The van der Waals surface area contributed by atoms with Crippen LogP contribution >= 0.6 is 0 Å². The highest BCUT2D eigenvalue weighted by Crippen LogP contribution is 2.42. The van der Waals surface area contributed by atoms with E-state index in [0.717, 1.165) is 32.4 Å². The third-order valence-corrected chi connectivity index (χ3v) is 10.5. The molecule has 0 radical (unpaired) electrons. The van der Waals surface area contributed by atoms with E-state index in [-0.39, 0.29) is 35.4 Å². The Balaban J connectivity index is 1.26. The smallest absolute Gasteiger partial charge is 0.319 e. The molecule has 0 unspecified atom stereocenters. The first-order valence-corrected chi connectivity index (χ1v) is 15.9. The van der Waals surface area contributed by atoms with Gasteiger partial charge in [-0.05, 0) is 62.6 Å². The van der Waals surface area contributed by atoms with E-state index >= 15 is 4.39 Å². The normalized spacial score (nSPS) is 26.4. The van der Waals surface area contributed by atoms with Crippen LogP contribution in [0.4, 0.5) is 19.0 Å². The SMILES string of the molecule is C#Cc1c(F)ccc2cccc(-c3ncc4c(N(C)[C@@H]5CCN[C@@H]5C5CC5)nc(OC[C@@]56CCCN5C[C@H](F)C6)nc4c3F)c12. The van der Waals surface area contributed by atoms with Gasteiger partial charge in [-0.25, -0.2) is 13.2 Å². The van der Waals surface area contributed by atoms with Crippen LogP contribution in [0.1, 0.15) is 44.1 Å². The predicted molar refractivity (Wildman–Crippen MR) is 168 cm³/mol. The second-order valence-corrected chi connectivity index (χ2v) is 13.1. The molecule has 1 aliphatic carbocycles. The standard InChI is InChI=1S/C35H35F3N6O/c1-3-23-26(37)11-10-20-6-4-7-24(28(20)23)31-29(38)32-25(17-40-31)33(43(2)27-12-14-39-30(27)21-8-9-21)42-34(41-32)45-19-35-13-5-15-44(35)18-22(36)16-35/h1,4,6-7,10-11,17,21-22,27,30,39H,5,8-9,12-16,18-19H2,2H3/t22-,27-,30-,35+/m1/s1. The van der Waals surface area contributed by atoms with Crippen molar-refractivity contribution < 1.29 is 17.9 Å². The topological polar surface area (TPSA) is 66.4 Å². The predicted octanol–water partition coefficient (Wildman–Crippen LogP) is 5.64. The molecule has 3 saturated heterocycles. The number of nitrogens with one attached hydrogen (secondary N) is 1. The number of hydrogen-bond donors (Lipinski definition) is 1. The van der Waals surface area contributed by atoms with Crippen LogP contribution in [0, 0.1) is 29.9 Å². The molecule has 45 heavy (non-hydrogen) atoms. The number of likely N-dealkylation sites (N-methyl/N-ethyl adjacent to an activating group) is 1. The molecule has 1 saturated carbocycles. The minimum absolute atomic E-state index is 0.0171. The van der Waals surface area contributed by atoms with Crippen molar-refractivity contribution >= 4 is 27.5 Å². The average molecular weight is 613 g/mol. The van der Waals surface area contributed by atoms with Gasteiger partial charge in [0.15, 0.2) is 5.82 Å². The molecule has 0 bridgehead atoms. The van der Waals surface area contributed by atoms with Crippen LogP contribution in [-0.4, -0.2) is 76.9 Å². The van der Waals surface area contributed by atoms with E-state index in [2.05, 4.69) is 31.0 Å². The second-order valence-electron chi connectivity index (χ2n) is 13.1. The number of benzene rings is 2. The third kappa shape index (κ3) is 4.70. The number of nitrogens with zero attached hydrogens (tertiary/aromatic N) is 5. The number of hydrogen-bond acceptors (Lipinski definition) is 7. The van der Waals surface area contributed by atoms with Gasteiger partial charge in [0.2, 0.25) is 0 Å². The Morgan fingerprint density at radius 1 is 1.18 bits per heavy atom. The number of fused-ring (bicyclic) bond motifs is 3. The highest BCUT2D eigenvalue weighted by molar-refractivity contribution is 6.02. The first-order chi connectivity index (χ1) is 21.9. The van der Waals surface area contributed by atoms with Crippen LogP contribution < -0.4 is 15.0 Å². The highest BCUT2D eigenvalue weighted by Gasteiger charge is 2.49. The van der Waals surface area contributed by atoms with E-state index in [1.54, 1.807) is 24.4 Å². The summed E-state index contributed by atoms with van der Waals surface area (Å²) in [6.45, 7) is 2.37. The molecule has 0 amide bonds. The summed E-state index contributed by atoms with van der Waals surface area (Å²) in [4.78, 5) is 18.3. The van der Waals surface area contributed by atoms with E-state index in [9.17, 15) is 8.78 Å². The number of pyridine rings is 1. The monoisotopic (exact) mass is 612 g/mol. The van der Waals surface area contributed by atoms with Crippen molar-refractivity contribution in [3.8, 4) is 29.6 Å². The summed E-state index contributed by atoms with van der Waals surface area (Å²) < 4.78 is 52.4. The van der Waals surface area contributed by atoms with Crippen molar-refractivity contribution in [2.45, 2.75) is 62.3 Å². The molecular weight excluding hydrogens is 577 g/mol. The average Bonchev–Trinajstić information content (AvgIpc) is 3.50. The molecule has 2 aromatic carbocycles. The Morgan fingerprint density at radius 3 is 2.87 bits per heavy atom. The highest BCUT2D eigenvalue weighted by atomic mass is 19.1. The summed E-state index contributed by atoms with van der Waals surface area (Å²) in [6, 6.07) is 8.74. The van der Waals surface area contributed by atoms with Crippen LogP contribution in [0.5, 0.6) is 6.01 Å². The van der Waals surface area contributed by atoms with Gasteiger partial charge < -0.3 is 15.0 Å². The molecule has 8 rings (SSSR count). The largest absolute Gasteiger partial charge is 0.461 e. The zero-order chi connectivity index (χ0) is 30.9. The Labute approximate surface area is 260 Å². The summed E-state index contributed by atoms with van der Waals surface area (Å²) in [6.07, 6.45) is 11.9. The zero-order valence-electron chi connectivity index (χ0n) is 25.2. The number of rotatable bonds is 7. The number of aromatic nitrogens is 3. The Kier molecular flexibility index (Phi) is 6.88. The van der Waals surface area contributed by atoms with Crippen LogP contribution in [0.25, 0.3) is 32.9 Å². The minimum atomic E-state index is -0.896. The summed E-state index contributed by atoms with van der Waals surface area (Å²) in [5, 5.41) is 5.21. The molecule has 5 heterocycles. The summed E-state index contributed by atoms with van der Waals surface area (Å²) in [5.41, 5.74) is 0.108. The molecule has 4 aromatic rings. The lowest BCUT2D eigenvalue weighted by Gasteiger charge is -2.32. The quantitative estimate of drug-likeness (QED) is 0.271. The number of halogens is 3. The second kappa shape index (κ2) is 10.8. The van der Waals surface area contributed by atoms with Gasteiger partial charge in [0.25, 0.3) is 0 Å². The Morgan fingerprint density at radius 2 is 2.04 bits per heavy atom. The van der Waals surface area contributed by atoms with E-state index < -0.39 is 23.3 Å². The van der Waals surface area contributed by atoms with Gasteiger partial charge in [0, 0.05) is 49.2 Å². The van der Waals surface area contributed by atoms with Crippen molar-refractivity contribution in [1.29, 1.82) is 0 Å². The van der Waals surface area contributed by atoms with Crippen molar-refractivity contribution in [1.82, 2.24) is 25.2 Å². The van der Waals surface area contributed by atoms with Gasteiger partial charge in [0.1, 0.15) is 35.6 Å². The first kappa shape index (κ1) is 28.5. The summed E-state index contributed by atoms with van der Waals surface area (Å²) in [5.74, 6) is 2.37. The minimum Gasteiger partial charge on any atom is -0.461 e. The Bertz CT molecular complexity index is 1860. The van der Waals surface area contributed by atoms with Crippen LogP contribution in [0.3, 0.4) is 0 Å². The lowest BCUT2D eigenvalue weighted by molar-refractivity contribution is 0.107. The number of terminal acetylenes is 1. The van der Waals surface area contributed by atoms with Crippen LogP contribution in [0.15, 0.2) is 36.5 Å². The lowest BCUT2D eigenvalue weighted by Crippen LogP contribution is -2.44. The molecule has 232 valence electrons. The van der Waals surface area contributed by atoms with Crippen LogP contribution in [-0.2, 0) is 0 Å². The summed E-state index contributed by atoms with van der Waals surface area (Å²) in [7, 11) is 1.99. The molecule has 1 N–H and O–H groups in total. The fraction of sp³-hybridized carbons (Fsp3) is 0.457. The molecule has 0 spiro atoms. The molecule has 3 aliphatic heterocycles. The molecule has 2 aromatic heterocycles. The molecule has 4 atom stereocenters. The first-order valence-electron chi connectivity index (χ1n) is 15.9. The number of alkyl halides is 1. The van der Waals surface area contributed by atoms with Crippen molar-refractivity contribution in [2.75, 3.05) is 38.2 Å². The Hall–Kier alpha value is -3.94. The van der Waals surface area contributed by atoms with Crippen molar-refractivity contribution in [3.05, 3.63) is 53.7 Å². The van der Waals surface area contributed by atoms with Gasteiger partial charge in [-0.3, -0.25) is 9.88 Å².